The van der Waals surface area contributed by atoms with Crippen molar-refractivity contribution in [3.63, 3.8) is 0 Å². The van der Waals surface area contributed by atoms with E-state index in [0.717, 1.165) is 18.6 Å². The van der Waals surface area contributed by atoms with Crippen molar-refractivity contribution in [2.24, 2.45) is 10.5 Å². The molecule has 1 aromatic heterocycles. The first-order valence-corrected chi connectivity index (χ1v) is 6.40. The lowest BCUT2D eigenvalue weighted by Gasteiger charge is -2.29. The minimum absolute atomic E-state index is 0.204. The Balaban J connectivity index is 2.07. The number of rotatable bonds is 2. The third-order valence-corrected chi connectivity index (χ3v) is 3.07. The molecule has 0 fully saturated rings. The Morgan fingerprint density at radius 2 is 2.00 bits per heavy atom. The average Bonchev–Trinajstić information content (AvgIpc) is 2.34. The van der Waals surface area contributed by atoms with Crippen LogP contribution in [0.4, 0.5) is 0 Å². The van der Waals surface area contributed by atoms with Gasteiger partial charge in [-0.3, -0.25) is 9.78 Å². The second-order valence-electron chi connectivity index (χ2n) is 5.79. The molecule has 1 aromatic rings. The Hall–Kier alpha value is -1.97. The van der Waals surface area contributed by atoms with Crippen molar-refractivity contribution >= 4 is 11.6 Å². The maximum absolute atomic E-state index is 11.9. The molecule has 0 saturated carbocycles. The number of carbonyl (C=O) groups excluding carboxylic acids is 1. The molecule has 0 aromatic carbocycles. The number of carbonyl (C=O) groups is 1. The smallest absolute Gasteiger partial charge is 0.267 e. The van der Waals surface area contributed by atoms with E-state index in [1.165, 1.54) is 5.57 Å². The molecule has 1 N–H and O–H groups in total. The second-order valence-corrected chi connectivity index (χ2v) is 5.79. The van der Waals surface area contributed by atoms with Crippen molar-refractivity contribution in [3.8, 4) is 0 Å². The number of allylic oxidation sites excluding steroid dienone is 2. The van der Waals surface area contributed by atoms with Crippen LogP contribution >= 0.6 is 0 Å². The Morgan fingerprint density at radius 1 is 1.32 bits per heavy atom. The molecule has 0 spiro atoms. The summed E-state index contributed by atoms with van der Waals surface area (Å²) in [5, 5.41) is 4.23. The summed E-state index contributed by atoms with van der Waals surface area (Å²) >= 11 is 0. The van der Waals surface area contributed by atoms with Gasteiger partial charge >= 0.3 is 0 Å². The van der Waals surface area contributed by atoms with E-state index in [1.807, 2.05) is 0 Å². The molecule has 4 heteroatoms. The van der Waals surface area contributed by atoms with Crippen LogP contribution in [0.2, 0.25) is 0 Å². The summed E-state index contributed by atoms with van der Waals surface area (Å²) in [6, 6.07) is 3.34. The van der Waals surface area contributed by atoms with Crippen LogP contribution in [-0.4, -0.2) is 16.6 Å². The molecule has 2 rings (SSSR count). The fourth-order valence-electron chi connectivity index (χ4n) is 2.46. The van der Waals surface area contributed by atoms with Gasteiger partial charge in [0, 0.05) is 18.0 Å². The largest absolute Gasteiger partial charge is 0.271 e. The van der Waals surface area contributed by atoms with E-state index in [2.05, 4.69) is 42.4 Å². The first-order valence-electron chi connectivity index (χ1n) is 6.40. The lowest BCUT2D eigenvalue weighted by Crippen LogP contribution is -2.25. The molecule has 0 unspecified atom stereocenters. The van der Waals surface area contributed by atoms with Gasteiger partial charge in [-0.1, -0.05) is 19.4 Å². The zero-order chi connectivity index (χ0) is 13.9. The van der Waals surface area contributed by atoms with Gasteiger partial charge in [0.25, 0.3) is 5.91 Å². The molecule has 19 heavy (non-hydrogen) atoms. The third-order valence-electron chi connectivity index (χ3n) is 3.07. The van der Waals surface area contributed by atoms with E-state index in [0.29, 0.717) is 5.56 Å². The molecule has 0 bridgehead atoms. The highest BCUT2D eigenvalue weighted by Crippen LogP contribution is 2.33. The minimum Gasteiger partial charge on any atom is -0.267 e. The molecule has 0 aliphatic heterocycles. The van der Waals surface area contributed by atoms with Gasteiger partial charge in [-0.05, 0) is 43.4 Å². The van der Waals surface area contributed by atoms with Gasteiger partial charge in [-0.15, -0.1) is 0 Å². The molecule has 1 aliphatic rings. The number of hydrogen-bond acceptors (Lipinski definition) is 3. The number of aromatic nitrogens is 1. The highest BCUT2D eigenvalue weighted by atomic mass is 16.2. The first-order chi connectivity index (χ1) is 8.96. The van der Waals surface area contributed by atoms with E-state index >= 15 is 0 Å². The van der Waals surface area contributed by atoms with Crippen LogP contribution in [-0.2, 0) is 0 Å². The molecule has 100 valence electrons. The summed E-state index contributed by atoms with van der Waals surface area (Å²) in [6.45, 7) is 6.52. The Kier molecular flexibility index (Phi) is 3.79. The quantitative estimate of drug-likeness (QED) is 0.828. The van der Waals surface area contributed by atoms with Gasteiger partial charge in [-0.25, -0.2) is 5.43 Å². The second kappa shape index (κ2) is 5.34. The Bertz CT molecular complexity index is 530. The van der Waals surface area contributed by atoms with Crippen molar-refractivity contribution in [2.75, 3.05) is 0 Å². The van der Waals surface area contributed by atoms with Crippen molar-refractivity contribution in [2.45, 2.75) is 33.6 Å². The first kappa shape index (κ1) is 13.5. The monoisotopic (exact) mass is 257 g/mol. The summed E-state index contributed by atoms with van der Waals surface area (Å²) in [5.41, 5.74) is 5.60. The lowest BCUT2D eigenvalue weighted by molar-refractivity contribution is 0.0954. The van der Waals surface area contributed by atoms with E-state index in [4.69, 9.17) is 0 Å². The maximum Gasteiger partial charge on any atom is 0.271 e. The highest BCUT2D eigenvalue weighted by Gasteiger charge is 2.24. The van der Waals surface area contributed by atoms with Crippen LogP contribution in [0.1, 0.15) is 44.0 Å². The molecule has 1 heterocycles. The van der Waals surface area contributed by atoms with Crippen LogP contribution in [0, 0.1) is 5.41 Å². The molecular weight excluding hydrogens is 238 g/mol. The number of nitrogens with zero attached hydrogens (tertiary/aromatic N) is 2. The predicted octanol–water partition coefficient (Wildman–Crippen LogP) is 2.93. The van der Waals surface area contributed by atoms with Gasteiger partial charge in [-0.2, -0.15) is 5.10 Å². The van der Waals surface area contributed by atoms with Crippen LogP contribution in [0.15, 0.2) is 41.3 Å². The lowest BCUT2D eigenvalue weighted by atomic mass is 9.77. The van der Waals surface area contributed by atoms with Crippen LogP contribution in [0.3, 0.4) is 0 Å². The summed E-state index contributed by atoms with van der Waals surface area (Å²) in [4.78, 5) is 15.7. The van der Waals surface area contributed by atoms with E-state index in [1.54, 1.807) is 24.5 Å². The predicted molar refractivity (Wildman–Crippen MR) is 75.9 cm³/mol. The minimum atomic E-state index is -0.204. The van der Waals surface area contributed by atoms with Gasteiger partial charge in [0.2, 0.25) is 0 Å². The summed E-state index contributed by atoms with van der Waals surface area (Å²) in [6.07, 6.45) is 7.19. The van der Waals surface area contributed by atoms with E-state index < -0.39 is 0 Å². The third kappa shape index (κ3) is 3.74. The Labute approximate surface area is 113 Å². The zero-order valence-corrected chi connectivity index (χ0v) is 11.6. The summed E-state index contributed by atoms with van der Waals surface area (Å²) < 4.78 is 0. The molecule has 1 amide bonds. The number of hydrazone groups is 1. The summed E-state index contributed by atoms with van der Waals surface area (Å²) in [5.74, 6) is -0.204. The molecule has 0 radical (unpaired) electrons. The van der Waals surface area contributed by atoms with Gasteiger partial charge < -0.3 is 0 Å². The van der Waals surface area contributed by atoms with Crippen molar-refractivity contribution in [1.29, 1.82) is 0 Å². The van der Waals surface area contributed by atoms with Gasteiger partial charge in [0.15, 0.2) is 0 Å². The molecule has 1 aliphatic carbocycles. The van der Waals surface area contributed by atoms with Crippen LogP contribution in [0.25, 0.3) is 0 Å². The fraction of sp³-hybridized carbons (Fsp3) is 0.400. The van der Waals surface area contributed by atoms with Crippen molar-refractivity contribution < 1.29 is 4.79 Å². The average molecular weight is 257 g/mol. The van der Waals surface area contributed by atoms with Gasteiger partial charge in [0.05, 0.1) is 5.71 Å². The zero-order valence-electron chi connectivity index (χ0n) is 11.6. The van der Waals surface area contributed by atoms with Crippen LogP contribution in [0.5, 0.6) is 0 Å². The van der Waals surface area contributed by atoms with E-state index in [-0.39, 0.29) is 11.3 Å². The fourth-order valence-corrected chi connectivity index (χ4v) is 2.46. The SMILES string of the molecule is CC1=C/C(=N/NC(=O)c2ccncc2)CC(C)(C)C1. The summed E-state index contributed by atoms with van der Waals surface area (Å²) in [7, 11) is 0. The molecule has 0 atom stereocenters. The standard InChI is InChI=1S/C15H19N3O/c1-11-8-13(10-15(2,3)9-11)17-18-14(19)12-4-6-16-7-5-12/h4-8H,9-10H2,1-3H3,(H,18,19)/b17-13-. The number of amides is 1. The van der Waals surface area contributed by atoms with E-state index in [9.17, 15) is 4.79 Å². The molecule has 4 nitrogen and oxygen atoms in total. The Morgan fingerprint density at radius 3 is 2.63 bits per heavy atom. The molecule has 0 saturated heterocycles. The number of pyridine rings is 1. The maximum atomic E-state index is 11.9. The van der Waals surface area contributed by atoms with Crippen LogP contribution < -0.4 is 5.43 Å². The van der Waals surface area contributed by atoms with Crippen molar-refractivity contribution in [3.05, 3.63) is 41.7 Å². The topological polar surface area (TPSA) is 54.4 Å². The normalized spacial score (nSPS) is 19.9. The number of hydrogen-bond donors (Lipinski definition) is 1. The van der Waals surface area contributed by atoms with Crippen molar-refractivity contribution in [1.82, 2.24) is 10.4 Å². The number of nitrogens with one attached hydrogen (secondary N) is 1. The van der Waals surface area contributed by atoms with Gasteiger partial charge in [0.1, 0.15) is 0 Å². The molecular formula is C15H19N3O. The highest BCUT2D eigenvalue weighted by molar-refractivity contribution is 5.99.